The molecule has 1 unspecified atom stereocenters. The smallest absolute Gasteiger partial charge is 0.0917 e. The minimum atomic E-state index is -0.447. The summed E-state index contributed by atoms with van der Waals surface area (Å²) in [7, 11) is 0. The lowest BCUT2D eigenvalue weighted by atomic mass is 10.1. The SMILES string of the molecule is CCN1CCN(CC(O)c2cccc(Cl)c2)CC1. The maximum Gasteiger partial charge on any atom is 0.0917 e. The Morgan fingerprint density at radius 1 is 1.22 bits per heavy atom. The quantitative estimate of drug-likeness (QED) is 0.905. The third-order valence-electron chi connectivity index (χ3n) is 3.58. The molecule has 3 nitrogen and oxygen atoms in total. The number of likely N-dealkylation sites (N-methyl/N-ethyl adjacent to an activating group) is 1. The number of hydrogen-bond acceptors (Lipinski definition) is 3. The van der Waals surface area contributed by atoms with Gasteiger partial charge in [-0.15, -0.1) is 0 Å². The van der Waals surface area contributed by atoms with Crippen molar-refractivity contribution in [2.75, 3.05) is 39.3 Å². The Kier molecular flexibility index (Phi) is 5.01. The monoisotopic (exact) mass is 268 g/mol. The van der Waals surface area contributed by atoms with Gasteiger partial charge in [0.2, 0.25) is 0 Å². The summed E-state index contributed by atoms with van der Waals surface area (Å²) in [6, 6.07) is 7.49. The van der Waals surface area contributed by atoms with Gasteiger partial charge in [0.05, 0.1) is 6.10 Å². The lowest BCUT2D eigenvalue weighted by molar-refractivity contribution is 0.0744. The van der Waals surface area contributed by atoms with Crippen LogP contribution in [0.3, 0.4) is 0 Å². The van der Waals surface area contributed by atoms with Crippen molar-refractivity contribution in [3.05, 3.63) is 34.9 Å². The van der Waals surface area contributed by atoms with Crippen LogP contribution >= 0.6 is 11.6 Å². The highest BCUT2D eigenvalue weighted by Crippen LogP contribution is 2.19. The molecule has 1 heterocycles. The Hall–Kier alpha value is -0.610. The van der Waals surface area contributed by atoms with Crippen LogP contribution in [0.15, 0.2) is 24.3 Å². The first kappa shape index (κ1) is 13.8. The molecule has 0 aromatic heterocycles. The number of aliphatic hydroxyl groups excluding tert-OH is 1. The van der Waals surface area contributed by atoms with Crippen molar-refractivity contribution >= 4 is 11.6 Å². The van der Waals surface area contributed by atoms with Gasteiger partial charge in [-0.2, -0.15) is 0 Å². The number of aliphatic hydroxyl groups is 1. The molecule has 2 rings (SSSR count). The standard InChI is InChI=1S/C14H21ClN2O/c1-2-16-6-8-17(9-7-16)11-14(18)12-4-3-5-13(15)10-12/h3-5,10,14,18H,2,6-9,11H2,1H3. The van der Waals surface area contributed by atoms with Crippen LogP contribution in [-0.2, 0) is 0 Å². The Labute approximate surface area is 114 Å². The molecule has 1 fully saturated rings. The van der Waals surface area contributed by atoms with Gasteiger partial charge in [-0.25, -0.2) is 0 Å². The lowest BCUT2D eigenvalue weighted by Crippen LogP contribution is -2.47. The van der Waals surface area contributed by atoms with Crippen molar-refractivity contribution in [3.8, 4) is 0 Å². The fraction of sp³-hybridized carbons (Fsp3) is 0.571. The van der Waals surface area contributed by atoms with E-state index in [9.17, 15) is 5.11 Å². The molecule has 0 bridgehead atoms. The predicted octanol–water partition coefficient (Wildman–Crippen LogP) is 2.01. The molecule has 0 spiro atoms. The predicted molar refractivity (Wildman–Crippen MR) is 75.0 cm³/mol. The summed E-state index contributed by atoms with van der Waals surface area (Å²) in [6.45, 7) is 8.26. The molecule has 0 amide bonds. The number of benzene rings is 1. The van der Waals surface area contributed by atoms with Crippen molar-refractivity contribution < 1.29 is 5.11 Å². The zero-order valence-electron chi connectivity index (χ0n) is 10.8. The summed E-state index contributed by atoms with van der Waals surface area (Å²) in [5, 5.41) is 10.9. The van der Waals surface area contributed by atoms with Crippen molar-refractivity contribution in [3.63, 3.8) is 0 Å². The van der Waals surface area contributed by atoms with Gasteiger partial charge in [0, 0.05) is 37.7 Å². The molecular weight excluding hydrogens is 248 g/mol. The van der Waals surface area contributed by atoms with Crippen molar-refractivity contribution in [2.45, 2.75) is 13.0 Å². The number of hydrogen-bond donors (Lipinski definition) is 1. The molecule has 4 heteroatoms. The molecule has 1 aromatic rings. The molecule has 1 aliphatic rings. The lowest BCUT2D eigenvalue weighted by Gasteiger charge is -2.35. The van der Waals surface area contributed by atoms with Gasteiger partial charge >= 0.3 is 0 Å². The fourth-order valence-corrected chi connectivity index (χ4v) is 2.55. The maximum atomic E-state index is 10.2. The maximum absolute atomic E-state index is 10.2. The van der Waals surface area contributed by atoms with Gasteiger partial charge in [0.15, 0.2) is 0 Å². The largest absolute Gasteiger partial charge is 0.387 e. The summed E-state index contributed by atoms with van der Waals surface area (Å²) >= 11 is 5.94. The van der Waals surface area contributed by atoms with Gasteiger partial charge in [-0.1, -0.05) is 30.7 Å². The second-order valence-electron chi connectivity index (χ2n) is 4.81. The van der Waals surface area contributed by atoms with E-state index in [1.54, 1.807) is 0 Å². The third-order valence-corrected chi connectivity index (χ3v) is 3.81. The van der Waals surface area contributed by atoms with E-state index in [2.05, 4.69) is 16.7 Å². The van der Waals surface area contributed by atoms with E-state index in [0.29, 0.717) is 11.6 Å². The molecule has 0 radical (unpaired) electrons. The minimum Gasteiger partial charge on any atom is -0.387 e. The second kappa shape index (κ2) is 6.53. The second-order valence-corrected chi connectivity index (χ2v) is 5.24. The third kappa shape index (κ3) is 3.69. The molecule has 1 aliphatic heterocycles. The van der Waals surface area contributed by atoms with Crippen LogP contribution in [0.25, 0.3) is 0 Å². The average molecular weight is 269 g/mol. The number of nitrogens with zero attached hydrogens (tertiary/aromatic N) is 2. The highest BCUT2D eigenvalue weighted by molar-refractivity contribution is 6.30. The topological polar surface area (TPSA) is 26.7 Å². The van der Waals surface area contributed by atoms with E-state index in [-0.39, 0.29) is 0 Å². The first-order valence-electron chi connectivity index (χ1n) is 6.57. The van der Waals surface area contributed by atoms with E-state index < -0.39 is 6.10 Å². The van der Waals surface area contributed by atoms with Crippen molar-refractivity contribution in [2.24, 2.45) is 0 Å². The van der Waals surface area contributed by atoms with Crippen molar-refractivity contribution in [1.29, 1.82) is 0 Å². The summed E-state index contributed by atoms with van der Waals surface area (Å²) in [5.41, 5.74) is 0.903. The van der Waals surface area contributed by atoms with Gasteiger partial charge < -0.3 is 10.0 Å². The summed E-state index contributed by atoms with van der Waals surface area (Å²) in [5.74, 6) is 0. The Bertz CT molecular complexity index is 378. The van der Waals surface area contributed by atoms with Crippen LogP contribution in [0.4, 0.5) is 0 Å². The highest BCUT2D eigenvalue weighted by atomic mass is 35.5. The van der Waals surface area contributed by atoms with Gasteiger partial charge in [0.25, 0.3) is 0 Å². The zero-order chi connectivity index (χ0) is 13.0. The first-order valence-corrected chi connectivity index (χ1v) is 6.95. The van der Waals surface area contributed by atoms with Gasteiger partial charge in [0.1, 0.15) is 0 Å². The summed E-state index contributed by atoms with van der Waals surface area (Å²) < 4.78 is 0. The molecule has 100 valence electrons. The van der Waals surface area contributed by atoms with Crippen LogP contribution in [0, 0.1) is 0 Å². The zero-order valence-corrected chi connectivity index (χ0v) is 11.6. The van der Waals surface area contributed by atoms with Gasteiger partial charge in [-0.3, -0.25) is 4.90 Å². The Balaban J connectivity index is 1.86. The molecule has 1 aromatic carbocycles. The molecule has 18 heavy (non-hydrogen) atoms. The molecule has 1 N–H and O–H groups in total. The van der Waals surface area contributed by atoms with E-state index in [0.717, 1.165) is 38.3 Å². The van der Waals surface area contributed by atoms with Crippen LogP contribution in [0.5, 0.6) is 0 Å². The van der Waals surface area contributed by atoms with E-state index in [4.69, 9.17) is 11.6 Å². The highest BCUT2D eigenvalue weighted by Gasteiger charge is 2.18. The fourth-order valence-electron chi connectivity index (χ4n) is 2.35. The molecule has 0 saturated carbocycles. The van der Waals surface area contributed by atoms with Gasteiger partial charge in [-0.05, 0) is 24.2 Å². The molecule has 0 aliphatic carbocycles. The summed E-state index contributed by atoms with van der Waals surface area (Å²) in [6.07, 6.45) is -0.447. The Morgan fingerprint density at radius 2 is 1.89 bits per heavy atom. The van der Waals surface area contributed by atoms with E-state index >= 15 is 0 Å². The van der Waals surface area contributed by atoms with Crippen LogP contribution in [0.1, 0.15) is 18.6 Å². The van der Waals surface area contributed by atoms with Crippen molar-refractivity contribution in [1.82, 2.24) is 9.80 Å². The molecule has 1 atom stereocenters. The number of rotatable bonds is 4. The molecular formula is C14H21ClN2O. The van der Waals surface area contributed by atoms with E-state index in [1.807, 2.05) is 24.3 Å². The first-order chi connectivity index (χ1) is 8.69. The van der Waals surface area contributed by atoms with Crippen LogP contribution in [-0.4, -0.2) is 54.2 Å². The molecule has 1 saturated heterocycles. The number of halogens is 1. The number of β-amino-alcohol motifs (C(OH)–C–C–N with tert-alkyl or cyclic N) is 1. The van der Waals surface area contributed by atoms with Crippen LogP contribution in [0.2, 0.25) is 5.02 Å². The normalized spacial score (nSPS) is 19.9. The average Bonchev–Trinajstić information content (AvgIpc) is 2.39. The minimum absolute atomic E-state index is 0.447. The Morgan fingerprint density at radius 3 is 2.50 bits per heavy atom. The summed E-state index contributed by atoms with van der Waals surface area (Å²) in [4.78, 5) is 4.75. The van der Waals surface area contributed by atoms with E-state index in [1.165, 1.54) is 0 Å². The number of piperazine rings is 1. The van der Waals surface area contributed by atoms with Crippen LogP contribution < -0.4 is 0 Å².